The Balaban J connectivity index is 0.968. The van der Waals surface area contributed by atoms with Crippen molar-refractivity contribution in [3.05, 3.63) is 81.0 Å². The molecule has 1 unspecified atom stereocenters. The average Bonchev–Trinajstić information content (AvgIpc) is 3.12. The summed E-state index contributed by atoms with van der Waals surface area (Å²) in [5, 5.41) is 5.60. The summed E-state index contributed by atoms with van der Waals surface area (Å²) in [5.74, 6) is 0.543. The Morgan fingerprint density at radius 3 is 2.32 bits per heavy atom. The van der Waals surface area contributed by atoms with Gasteiger partial charge < -0.3 is 19.5 Å². The number of piperidine rings is 3. The predicted octanol–water partition coefficient (Wildman–Crippen LogP) is 4.69. The van der Waals surface area contributed by atoms with E-state index >= 15 is 4.39 Å². The van der Waals surface area contributed by atoms with Crippen LogP contribution < -0.4 is 20.9 Å². The van der Waals surface area contributed by atoms with Gasteiger partial charge in [0.2, 0.25) is 17.7 Å². The Bertz CT molecular complexity index is 1810. The number of halogens is 1. The van der Waals surface area contributed by atoms with Gasteiger partial charge in [0.1, 0.15) is 17.6 Å². The molecule has 0 saturated carbocycles. The zero-order valence-corrected chi connectivity index (χ0v) is 29.5. The smallest absolute Gasteiger partial charge is 0.253 e. The number of aromatic nitrogens is 1. The molecule has 2 N–H and O–H groups in total. The maximum atomic E-state index is 15.6. The van der Waals surface area contributed by atoms with Gasteiger partial charge in [-0.2, -0.15) is 0 Å². The molecule has 3 amide bonds. The number of ether oxygens (including phenoxy) is 1. The number of hydrogen-bond acceptors (Lipinski definition) is 7. The van der Waals surface area contributed by atoms with Crippen molar-refractivity contribution in [1.29, 1.82) is 0 Å². The molecule has 3 aromatic rings. The molecule has 1 aromatic heterocycles. The van der Waals surface area contributed by atoms with E-state index in [-0.39, 0.29) is 29.1 Å². The molecule has 6 rings (SSSR count). The summed E-state index contributed by atoms with van der Waals surface area (Å²) in [7, 11) is 3.27. The van der Waals surface area contributed by atoms with Gasteiger partial charge in [0.05, 0.1) is 13.7 Å². The average molecular weight is 686 g/mol. The first-order valence-corrected chi connectivity index (χ1v) is 17.7. The van der Waals surface area contributed by atoms with Crippen molar-refractivity contribution in [2.24, 2.45) is 13.0 Å². The van der Waals surface area contributed by atoms with E-state index in [0.717, 1.165) is 68.7 Å². The number of hydrogen-bond donors (Lipinski definition) is 2. The van der Waals surface area contributed by atoms with Crippen molar-refractivity contribution in [2.75, 3.05) is 45.2 Å². The molecule has 0 radical (unpaired) electrons. The van der Waals surface area contributed by atoms with Crippen LogP contribution in [0.15, 0.2) is 47.4 Å². The molecular formula is C39H48FN5O5. The number of anilines is 1. The molecule has 1 atom stereocenters. The maximum absolute atomic E-state index is 15.6. The Kier molecular flexibility index (Phi) is 10.7. The van der Waals surface area contributed by atoms with E-state index in [1.807, 2.05) is 30.0 Å². The van der Waals surface area contributed by atoms with Crippen LogP contribution in [0.3, 0.4) is 0 Å². The first-order valence-electron chi connectivity index (χ1n) is 17.7. The van der Waals surface area contributed by atoms with Crippen LogP contribution in [0, 0.1) is 25.6 Å². The first kappa shape index (κ1) is 35.3. The van der Waals surface area contributed by atoms with Gasteiger partial charge >= 0.3 is 0 Å². The number of amides is 3. The van der Waals surface area contributed by atoms with E-state index in [0.29, 0.717) is 60.1 Å². The summed E-state index contributed by atoms with van der Waals surface area (Å²) in [4.78, 5) is 53.3. The summed E-state index contributed by atoms with van der Waals surface area (Å²) >= 11 is 0. The quantitative estimate of drug-likeness (QED) is 0.315. The summed E-state index contributed by atoms with van der Waals surface area (Å²) in [6.07, 6.45) is 6.73. The zero-order chi connectivity index (χ0) is 35.5. The molecule has 50 heavy (non-hydrogen) atoms. The van der Waals surface area contributed by atoms with Crippen molar-refractivity contribution in [2.45, 2.75) is 70.8 Å². The molecule has 266 valence electrons. The number of nitrogens with zero attached hydrogens (tertiary/aromatic N) is 3. The fraction of sp³-hybridized carbons (Fsp3) is 0.487. The molecule has 3 saturated heterocycles. The minimum atomic E-state index is -0.406. The van der Waals surface area contributed by atoms with Crippen molar-refractivity contribution in [3.8, 4) is 16.9 Å². The van der Waals surface area contributed by atoms with Gasteiger partial charge in [0.25, 0.3) is 5.56 Å². The van der Waals surface area contributed by atoms with Crippen LogP contribution in [0.25, 0.3) is 11.1 Å². The van der Waals surface area contributed by atoms with E-state index in [4.69, 9.17) is 4.74 Å². The summed E-state index contributed by atoms with van der Waals surface area (Å²) in [6, 6.07) is 11.2. The highest BCUT2D eigenvalue weighted by molar-refractivity contribution is 6.01. The normalized spacial score (nSPS) is 19.4. The number of pyridine rings is 1. The van der Waals surface area contributed by atoms with Gasteiger partial charge in [-0.15, -0.1) is 0 Å². The third-order valence-corrected chi connectivity index (χ3v) is 11.0. The fourth-order valence-electron chi connectivity index (χ4n) is 7.69. The zero-order valence-electron chi connectivity index (χ0n) is 29.5. The van der Waals surface area contributed by atoms with Crippen LogP contribution in [0.1, 0.15) is 66.7 Å². The monoisotopic (exact) mass is 685 g/mol. The van der Waals surface area contributed by atoms with Crippen LogP contribution in [0.4, 0.5) is 10.1 Å². The lowest BCUT2D eigenvalue weighted by Crippen LogP contribution is -2.47. The van der Waals surface area contributed by atoms with Gasteiger partial charge in [0, 0.05) is 55.1 Å². The van der Waals surface area contributed by atoms with Crippen molar-refractivity contribution < 1.29 is 23.5 Å². The molecule has 0 spiro atoms. The first-order chi connectivity index (χ1) is 24.0. The molecule has 11 heteroatoms. The van der Waals surface area contributed by atoms with Crippen molar-refractivity contribution in [3.63, 3.8) is 0 Å². The Morgan fingerprint density at radius 2 is 1.66 bits per heavy atom. The van der Waals surface area contributed by atoms with Crippen LogP contribution in [0.2, 0.25) is 0 Å². The molecular weight excluding hydrogens is 637 g/mol. The highest BCUT2D eigenvalue weighted by Crippen LogP contribution is 2.35. The number of aryl methyl sites for hydroxylation is 1. The van der Waals surface area contributed by atoms with Gasteiger partial charge in [-0.1, -0.05) is 12.1 Å². The second-order valence-electron chi connectivity index (χ2n) is 14.2. The van der Waals surface area contributed by atoms with Crippen LogP contribution >= 0.6 is 0 Å². The predicted molar refractivity (Wildman–Crippen MR) is 191 cm³/mol. The summed E-state index contributed by atoms with van der Waals surface area (Å²) in [5.41, 5.74) is 5.58. The molecule has 3 fully saturated rings. The van der Waals surface area contributed by atoms with Gasteiger partial charge in [0.15, 0.2) is 0 Å². The number of benzene rings is 2. The number of carbonyl (C=O) groups excluding carboxylic acids is 3. The molecule has 3 aliphatic heterocycles. The van der Waals surface area contributed by atoms with Gasteiger partial charge in [-0.3, -0.25) is 29.4 Å². The summed E-state index contributed by atoms with van der Waals surface area (Å²) < 4.78 is 22.8. The lowest BCUT2D eigenvalue weighted by atomic mass is 9.88. The lowest BCUT2D eigenvalue weighted by molar-refractivity contribution is -0.134. The fourth-order valence-corrected chi connectivity index (χ4v) is 7.69. The van der Waals surface area contributed by atoms with Gasteiger partial charge in [-0.25, -0.2) is 4.39 Å². The Hall–Kier alpha value is -4.51. The molecule has 2 aromatic carbocycles. The van der Waals surface area contributed by atoms with E-state index in [1.54, 1.807) is 33.3 Å². The number of imide groups is 1. The minimum absolute atomic E-state index is 0.0600. The molecule has 4 heterocycles. The van der Waals surface area contributed by atoms with E-state index in [2.05, 4.69) is 27.7 Å². The van der Waals surface area contributed by atoms with Crippen LogP contribution in [-0.2, 0) is 27.9 Å². The minimum Gasteiger partial charge on any atom is -0.496 e. The number of nitrogens with one attached hydrogen (secondary N) is 2. The topological polar surface area (TPSA) is 113 Å². The molecule has 3 aliphatic rings. The third-order valence-electron chi connectivity index (χ3n) is 11.0. The van der Waals surface area contributed by atoms with Gasteiger partial charge in [-0.05, 0) is 118 Å². The van der Waals surface area contributed by atoms with E-state index in [1.165, 1.54) is 10.1 Å². The highest BCUT2D eigenvalue weighted by Gasteiger charge is 2.29. The molecule has 0 bridgehead atoms. The molecule has 10 nitrogen and oxygen atoms in total. The standard InChI is InChI=1S/C39H48FN5O5/c1-24-25(2)39(49)43(3)22-32(24)29-20-33(40)31(35(21-29)50-4)19-26-11-15-44(16-12-26)23-37(47)45-17-13-28(14-18-45)27-5-7-30(8-6-27)41-34-9-10-36(46)42-38(34)48/h5-8,20-22,26,28,34,41H,9-19,23H2,1-4H3,(H,42,46,48). The third kappa shape index (κ3) is 7.78. The van der Waals surface area contributed by atoms with Crippen molar-refractivity contribution >= 4 is 23.4 Å². The second-order valence-corrected chi connectivity index (χ2v) is 14.2. The Labute approximate surface area is 293 Å². The van der Waals surface area contributed by atoms with E-state index in [9.17, 15) is 19.2 Å². The lowest BCUT2D eigenvalue weighted by Gasteiger charge is -2.36. The number of likely N-dealkylation sites (tertiary alicyclic amines) is 2. The number of rotatable bonds is 9. The largest absolute Gasteiger partial charge is 0.496 e. The maximum Gasteiger partial charge on any atom is 0.253 e. The van der Waals surface area contributed by atoms with Crippen LogP contribution in [0.5, 0.6) is 5.75 Å². The Morgan fingerprint density at radius 1 is 0.960 bits per heavy atom. The SMILES string of the molecule is COc1cc(-c2cn(C)c(=O)c(C)c2C)cc(F)c1CC1CCN(CC(=O)N2CCC(c3ccc(NC4CCC(=O)NC4=O)cc3)CC2)CC1. The van der Waals surface area contributed by atoms with E-state index < -0.39 is 6.04 Å². The summed E-state index contributed by atoms with van der Waals surface area (Å²) in [6.45, 7) is 7.13. The second kappa shape index (κ2) is 15.2. The number of carbonyl (C=O) groups is 3. The number of methoxy groups -OCH3 is 1. The molecule has 0 aliphatic carbocycles. The van der Waals surface area contributed by atoms with Crippen molar-refractivity contribution in [1.82, 2.24) is 19.7 Å². The van der Waals surface area contributed by atoms with Crippen LogP contribution in [-0.4, -0.2) is 78.0 Å². The highest BCUT2D eigenvalue weighted by atomic mass is 19.1.